The third-order valence-corrected chi connectivity index (χ3v) is 3.53. The van der Waals surface area contributed by atoms with E-state index in [1.165, 1.54) is 0 Å². The Kier molecular flexibility index (Phi) is 2.20. The van der Waals surface area contributed by atoms with Crippen molar-refractivity contribution in [1.29, 1.82) is 0 Å². The van der Waals surface area contributed by atoms with Crippen LogP contribution in [0.2, 0.25) is 0 Å². The van der Waals surface area contributed by atoms with E-state index in [4.69, 9.17) is 4.74 Å². The summed E-state index contributed by atoms with van der Waals surface area (Å²) < 4.78 is 9.24. The molecular weight excluding hydrogens is 228 g/mol. The van der Waals surface area contributed by atoms with Crippen molar-refractivity contribution in [2.45, 2.75) is 0 Å². The third kappa shape index (κ3) is 1.23. The summed E-state index contributed by atoms with van der Waals surface area (Å²) in [5, 5.41) is 2.23. The summed E-state index contributed by atoms with van der Waals surface area (Å²) in [5.41, 5.74) is 2.83. The number of rotatable bonds is 2. The van der Waals surface area contributed by atoms with Gasteiger partial charge in [-0.05, 0) is 18.2 Å². The lowest BCUT2D eigenvalue weighted by atomic mass is 10.2. The summed E-state index contributed by atoms with van der Waals surface area (Å²) in [4.78, 5) is 11.0. The zero-order chi connectivity index (χ0) is 12.9. The fraction of sp³-hybridized carbons (Fsp3) is 0.214. The molecule has 0 saturated carbocycles. The SMILES string of the molecule is COc1ccc2c3cc(C=O)n(C)c3n(C)c2c1. The Morgan fingerprint density at radius 2 is 1.89 bits per heavy atom. The molecule has 2 heterocycles. The maximum Gasteiger partial charge on any atom is 0.166 e. The Balaban J connectivity index is 2.48. The molecule has 0 unspecified atom stereocenters. The quantitative estimate of drug-likeness (QED) is 0.647. The number of hydrogen-bond acceptors (Lipinski definition) is 2. The highest BCUT2D eigenvalue weighted by Gasteiger charge is 2.14. The molecular formula is C14H14N2O2. The first-order valence-electron chi connectivity index (χ1n) is 5.74. The number of carbonyl (C=O) groups is 1. The third-order valence-electron chi connectivity index (χ3n) is 3.53. The van der Waals surface area contributed by atoms with E-state index in [9.17, 15) is 4.79 Å². The highest BCUT2D eigenvalue weighted by Crippen LogP contribution is 2.32. The van der Waals surface area contributed by atoms with E-state index in [0.717, 1.165) is 34.0 Å². The van der Waals surface area contributed by atoms with Gasteiger partial charge in [0.05, 0.1) is 18.3 Å². The number of ether oxygens (including phenoxy) is 1. The van der Waals surface area contributed by atoms with E-state index < -0.39 is 0 Å². The molecule has 0 spiro atoms. The van der Waals surface area contributed by atoms with Gasteiger partial charge in [0.2, 0.25) is 0 Å². The predicted octanol–water partition coefficient (Wildman–Crippen LogP) is 2.49. The van der Waals surface area contributed by atoms with Gasteiger partial charge in [0, 0.05) is 30.9 Å². The molecule has 4 heteroatoms. The van der Waals surface area contributed by atoms with E-state index in [0.29, 0.717) is 5.69 Å². The summed E-state index contributed by atoms with van der Waals surface area (Å²) in [5.74, 6) is 0.837. The second-order valence-corrected chi connectivity index (χ2v) is 4.43. The van der Waals surface area contributed by atoms with Gasteiger partial charge in [-0.15, -0.1) is 0 Å². The predicted molar refractivity (Wildman–Crippen MR) is 71.3 cm³/mol. The maximum atomic E-state index is 11.0. The van der Waals surface area contributed by atoms with E-state index >= 15 is 0 Å². The molecule has 0 atom stereocenters. The second kappa shape index (κ2) is 3.63. The van der Waals surface area contributed by atoms with Crippen LogP contribution in [0, 0.1) is 0 Å². The van der Waals surface area contributed by atoms with Crippen molar-refractivity contribution < 1.29 is 9.53 Å². The van der Waals surface area contributed by atoms with Crippen molar-refractivity contribution in [3.8, 4) is 5.75 Å². The van der Waals surface area contributed by atoms with Crippen LogP contribution >= 0.6 is 0 Å². The topological polar surface area (TPSA) is 36.2 Å². The van der Waals surface area contributed by atoms with Gasteiger partial charge in [0.15, 0.2) is 6.29 Å². The average molecular weight is 242 g/mol. The summed E-state index contributed by atoms with van der Waals surface area (Å²) in [6.07, 6.45) is 0.884. The van der Waals surface area contributed by atoms with Gasteiger partial charge in [0.25, 0.3) is 0 Å². The minimum atomic E-state index is 0.688. The Morgan fingerprint density at radius 1 is 1.11 bits per heavy atom. The van der Waals surface area contributed by atoms with Gasteiger partial charge in [-0.25, -0.2) is 0 Å². The van der Waals surface area contributed by atoms with Gasteiger partial charge in [0.1, 0.15) is 11.4 Å². The van der Waals surface area contributed by atoms with Crippen molar-refractivity contribution in [3.63, 3.8) is 0 Å². The van der Waals surface area contributed by atoms with Crippen LogP contribution in [0.5, 0.6) is 5.75 Å². The number of aromatic nitrogens is 2. The molecule has 0 aliphatic rings. The zero-order valence-corrected chi connectivity index (χ0v) is 10.6. The van der Waals surface area contributed by atoms with E-state index in [2.05, 4.69) is 4.57 Å². The van der Waals surface area contributed by atoms with E-state index in [1.807, 2.05) is 42.9 Å². The number of aryl methyl sites for hydroxylation is 2. The Morgan fingerprint density at radius 3 is 2.56 bits per heavy atom. The molecule has 92 valence electrons. The highest BCUT2D eigenvalue weighted by atomic mass is 16.5. The van der Waals surface area contributed by atoms with Crippen LogP contribution in [0.3, 0.4) is 0 Å². The molecule has 0 saturated heterocycles. The van der Waals surface area contributed by atoms with Crippen molar-refractivity contribution in [3.05, 3.63) is 30.0 Å². The lowest BCUT2D eigenvalue weighted by Crippen LogP contribution is -1.99. The molecule has 2 aromatic heterocycles. The number of fused-ring (bicyclic) bond motifs is 3. The Bertz CT molecular complexity index is 765. The first kappa shape index (κ1) is 10.9. The number of carbonyl (C=O) groups excluding carboxylic acids is 1. The van der Waals surface area contributed by atoms with Crippen LogP contribution in [0.4, 0.5) is 0 Å². The second-order valence-electron chi connectivity index (χ2n) is 4.43. The molecule has 0 N–H and O–H groups in total. The molecule has 0 amide bonds. The van der Waals surface area contributed by atoms with Crippen LogP contribution in [-0.2, 0) is 14.1 Å². The smallest absolute Gasteiger partial charge is 0.166 e. The fourth-order valence-electron chi connectivity index (χ4n) is 2.59. The average Bonchev–Trinajstić information content (AvgIpc) is 2.86. The monoisotopic (exact) mass is 242 g/mol. The standard InChI is InChI=1S/C14H14N2O2/c1-15-9(8-17)6-12-11-5-4-10(18-3)7-13(11)16(2)14(12)15/h4-8H,1-3H3. The van der Waals surface area contributed by atoms with Gasteiger partial charge in [-0.2, -0.15) is 0 Å². The van der Waals surface area contributed by atoms with Crippen LogP contribution in [0.15, 0.2) is 24.3 Å². The summed E-state index contributed by atoms with van der Waals surface area (Å²) in [6, 6.07) is 7.91. The first-order chi connectivity index (χ1) is 8.67. The molecule has 18 heavy (non-hydrogen) atoms. The molecule has 4 nitrogen and oxygen atoms in total. The molecule has 0 radical (unpaired) electrons. The zero-order valence-electron chi connectivity index (χ0n) is 10.6. The molecule has 0 aliphatic heterocycles. The maximum absolute atomic E-state index is 11.0. The van der Waals surface area contributed by atoms with Crippen molar-refractivity contribution in [2.24, 2.45) is 14.1 Å². The number of methoxy groups -OCH3 is 1. The van der Waals surface area contributed by atoms with Crippen LogP contribution in [0.1, 0.15) is 10.5 Å². The lowest BCUT2D eigenvalue weighted by Gasteiger charge is -2.03. The van der Waals surface area contributed by atoms with Crippen LogP contribution in [0.25, 0.3) is 21.9 Å². The van der Waals surface area contributed by atoms with Crippen molar-refractivity contribution in [2.75, 3.05) is 7.11 Å². The minimum Gasteiger partial charge on any atom is -0.497 e. The lowest BCUT2D eigenvalue weighted by molar-refractivity contribution is 0.111. The molecule has 0 aliphatic carbocycles. The Hall–Kier alpha value is -2.23. The molecule has 0 fully saturated rings. The van der Waals surface area contributed by atoms with Crippen LogP contribution in [-0.4, -0.2) is 22.5 Å². The normalized spacial score (nSPS) is 11.3. The summed E-state index contributed by atoms with van der Waals surface area (Å²) in [7, 11) is 5.56. The summed E-state index contributed by atoms with van der Waals surface area (Å²) >= 11 is 0. The number of aldehydes is 1. The number of nitrogens with zero attached hydrogens (tertiary/aromatic N) is 2. The van der Waals surface area contributed by atoms with Crippen molar-refractivity contribution in [1.82, 2.24) is 9.13 Å². The van der Waals surface area contributed by atoms with Gasteiger partial charge < -0.3 is 13.9 Å². The van der Waals surface area contributed by atoms with Crippen LogP contribution < -0.4 is 4.74 Å². The number of hydrogen-bond donors (Lipinski definition) is 0. The van der Waals surface area contributed by atoms with E-state index in [1.54, 1.807) is 7.11 Å². The molecule has 3 aromatic rings. The molecule has 0 bridgehead atoms. The van der Waals surface area contributed by atoms with Gasteiger partial charge >= 0.3 is 0 Å². The largest absolute Gasteiger partial charge is 0.497 e. The minimum absolute atomic E-state index is 0.688. The van der Waals surface area contributed by atoms with Gasteiger partial charge in [-0.3, -0.25) is 4.79 Å². The first-order valence-corrected chi connectivity index (χ1v) is 5.74. The molecule has 1 aromatic carbocycles. The fourth-order valence-corrected chi connectivity index (χ4v) is 2.59. The number of benzene rings is 1. The van der Waals surface area contributed by atoms with Gasteiger partial charge in [-0.1, -0.05) is 0 Å². The van der Waals surface area contributed by atoms with Crippen molar-refractivity contribution >= 4 is 28.2 Å². The summed E-state index contributed by atoms with van der Waals surface area (Å²) in [6.45, 7) is 0. The van der Waals surface area contributed by atoms with E-state index in [-0.39, 0.29) is 0 Å². The molecule has 3 rings (SSSR count). The Labute approximate surface area is 104 Å². The highest BCUT2D eigenvalue weighted by molar-refractivity contribution is 6.09.